The van der Waals surface area contributed by atoms with Gasteiger partial charge in [-0.3, -0.25) is 4.90 Å². The first-order valence-corrected chi connectivity index (χ1v) is 9.92. The normalized spacial score (nSPS) is 16.8. The number of rotatable bonds is 5. The Bertz CT molecular complexity index is 786. The van der Waals surface area contributed by atoms with Crippen LogP contribution in [0, 0.1) is 0 Å². The average molecular weight is 357 g/mol. The van der Waals surface area contributed by atoms with Crippen molar-refractivity contribution in [3.8, 4) is 0 Å². The molecule has 3 aromatic carbocycles. The van der Waals surface area contributed by atoms with Crippen LogP contribution in [-0.2, 0) is 5.60 Å². The third-order valence-corrected chi connectivity index (χ3v) is 5.69. The SMILES string of the molecule is OC(c1ccccc1)(c1ccccc1)[C@@H](c1ccccc1)N1CCCCC1. The minimum absolute atomic E-state index is 0.121. The van der Waals surface area contributed by atoms with Crippen molar-refractivity contribution in [1.82, 2.24) is 4.90 Å². The van der Waals surface area contributed by atoms with Gasteiger partial charge in [0.05, 0.1) is 6.04 Å². The third kappa shape index (κ3) is 3.55. The van der Waals surface area contributed by atoms with E-state index in [9.17, 15) is 5.11 Å². The van der Waals surface area contributed by atoms with Gasteiger partial charge in [-0.15, -0.1) is 0 Å². The van der Waals surface area contributed by atoms with Gasteiger partial charge in [-0.1, -0.05) is 97.4 Å². The molecule has 3 aromatic rings. The predicted molar refractivity (Wildman–Crippen MR) is 110 cm³/mol. The van der Waals surface area contributed by atoms with Gasteiger partial charge in [-0.25, -0.2) is 0 Å². The molecule has 2 nitrogen and oxygen atoms in total. The highest BCUT2D eigenvalue weighted by Gasteiger charge is 2.44. The maximum Gasteiger partial charge on any atom is 0.134 e. The predicted octanol–water partition coefficient (Wildman–Crippen LogP) is 5.15. The zero-order valence-electron chi connectivity index (χ0n) is 15.7. The molecule has 0 unspecified atom stereocenters. The summed E-state index contributed by atoms with van der Waals surface area (Å²) in [6, 6.07) is 30.6. The lowest BCUT2D eigenvalue weighted by molar-refractivity contribution is -0.0299. The van der Waals surface area contributed by atoms with Crippen LogP contribution in [0.25, 0.3) is 0 Å². The minimum atomic E-state index is -1.11. The van der Waals surface area contributed by atoms with E-state index in [1.165, 1.54) is 19.3 Å². The van der Waals surface area contributed by atoms with Crippen LogP contribution in [0.1, 0.15) is 42.0 Å². The Morgan fingerprint density at radius 3 is 1.56 bits per heavy atom. The zero-order chi connectivity index (χ0) is 18.5. The van der Waals surface area contributed by atoms with Crippen molar-refractivity contribution >= 4 is 0 Å². The number of hydrogen-bond donors (Lipinski definition) is 1. The molecular formula is C25H27NO. The zero-order valence-corrected chi connectivity index (χ0v) is 15.7. The first kappa shape index (κ1) is 18.0. The van der Waals surface area contributed by atoms with Crippen LogP contribution in [0.4, 0.5) is 0 Å². The Morgan fingerprint density at radius 2 is 1.07 bits per heavy atom. The first-order chi connectivity index (χ1) is 13.3. The summed E-state index contributed by atoms with van der Waals surface area (Å²) < 4.78 is 0. The van der Waals surface area contributed by atoms with Crippen LogP contribution in [-0.4, -0.2) is 23.1 Å². The summed E-state index contributed by atoms with van der Waals surface area (Å²) in [5.74, 6) is 0. The highest BCUT2D eigenvalue weighted by atomic mass is 16.3. The lowest BCUT2D eigenvalue weighted by Crippen LogP contribution is -2.47. The van der Waals surface area contributed by atoms with E-state index in [0.29, 0.717) is 0 Å². The lowest BCUT2D eigenvalue weighted by Gasteiger charge is -2.45. The Labute approximate surface area is 162 Å². The number of piperidine rings is 1. The summed E-state index contributed by atoms with van der Waals surface area (Å²) in [5.41, 5.74) is 1.93. The lowest BCUT2D eigenvalue weighted by atomic mass is 9.76. The fourth-order valence-electron chi connectivity index (χ4n) is 4.40. The monoisotopic (exact) mass is 357 g/mol. The summed E-state index contributed by atoms with van der Waals surface area (Å²) in [4.78, 5) is 2.47. The van der Waals surface area contributed by atoms with E-state index in [4.69, 9.17) is 0 Å². The smallest absolute Gasteiger partial charge is 0.134 e. The molecule has 0 saturated carbocycles. The number of nitrogens with zero attached hydrogens (tertiary/aromatic N) is 1. The van der Waals surface area contributed by atoms with Crippen LogP contribution in [0.2, 0.25) is 0 Å². The molecule has 27 heavy (non-hydrogen) atoms. The molecule has 1 saturated heterocycles. The van der Waals surface area contributed by atoms with E-state index in [0.717, 1.165) is 29.8 Å². The molecule has 1 aliphatic heterocycles. The van der Waals surface area contributed by atoms with Crippen LogP contribution in [0.15, 0.2) is 91.0 Å². The molecule has 1 heterocycles. The Morgan fingerprint density at radius 1 is 0.630 bits per heavy atom. The van der Waals surface area contributed by atoms with Gasteiger partial charge in [-0.2, -0.15) is 0 Å². The second-order valence-corrected chi connectivity index (χ2v) is 7.41. The molecule has 2 heteroatoms. The maximum absolute atomic E-state index is 12.4. The quantitative estimate of drug-likeness (QED) is 0.682. The van der Waals surface area contributed by atoms with Crippen molar-refractivity contribution in [2.75, 3.05) is 13.1 Å². The maximum atomic E-state index is 12.4. The summed E-state index contributed by atoms with van der Waals surface area (Å²) in [6.07, 6.45) is 3.64. The molecule has 1 aliphatic rings. The molecule has 0 spiro atoms. The summed E-state index contributed by atoms with van der Waals surface area (Å²) >= 11 is 0. The van der Waals surface area contributed by atoms with Crippen LogP contribution < -0.4 is 0 Å². The Balaban J connectivity index is 1.91. The van der Waals surface area contributed by atoms with E-state index < -0.39 is 5.60 Å². The van der Waals surface area contributed by atoms with Gasteiger partial charge in [0, 0.05) is 0 Å². The van der Waals surface area contributed by atoms with Crippen LogP contribution in [0.5, 0.6) is 0 Å². The molecule has 0 bridgehead atoms. The molecule has 1 N–H and O–H groups in total. The van der Waals surface area contributed by atoms with E-state index in [1.807, 2.05) is 66.7 Å². The van der Waals surface area contributed by atoms with Crippen molar-refractivity contribution in [3.05, 3.63) is 108 Å². The average Bonchev–Trinajstić information content (AvgIpc) is 2.76. The van der Waals surface area contributed by atoms with Gasteiger partial charge < -0.3 is 5.11 Å². The molecule has 0 amide bonds. The minimum Gasteiger partial charge on any atom is -0.378 e. The van der Waals surface area contributed by atoms with Gasteiger partial charge in [0.15, 0.2) is 0 Å². The topological polar surface area (TPSA) is 23.5 Å². The number of hydrogen-bond acceptors (Lipinski definition) is 2. The molecule has 138 valence electrons. The number of likely N-dealkylation sites (tertiary alicyclic amines) is 1. The highest BCUT2D eigenvalue weighted by Crippen LogP contribution is 2.45. The molecule has 0 aliphatic carbocycles. The molecule has 1 fully saturated rings. The summed E-state index contributed by atoms with van der Waals surface area (Å²) in [7, 11) is 0. The third-order valence-electron chi connectivity index (χ3n) is 5.69. The van der Waals surface area contributed by atoms with Gasteiger partial charge >= 0.3 is 0 Å². The molecule has 4 rings (SSSR count). The second kappa shape index (κ2) is 8.08. The summed E-state index contributed by atoms with van der Waals surface area (Å²) in [5, 5.41) is 12.4. The van der Waals surface area contributed by atoms with Gasteiger partial charge in [0.1, 0.15) is 5.60 Å². The van der Waals surface area contributed by atoms with E-state index in [2.05, 4.69) is 29.2 Å². The van der Waals surface area contributed by atoms with Crippen molar-refractivity contribution in [2.45, 2.75) is 30.9 Å². The van der Waals surface area contributed by atoms with E-state index in [-0.39, 0.29) is 6.04 Å². The largest absolute Gasteiger partial charge is 0.378 e. The Hall–Kier alpha value is -2.42. The van der Waals surface area contributed by atoms with Crippen molar-refractivity contribution in [1.29, 1.82) is 0 Å². The first-order valence-electron chi connectivity index (χ1n) is 9.92. The molecule has 0 radical (unpaired) electrons. The van der Waals surface area contributed by atoms with Crippen LogP contribution in [0.3, 0.4) is 0 Å². The van der Waals surface area contributed by atoms with Crippen molar-refractivity contribution in [2.24, 2.45) is 0 Å². The number of benzene rings is 3. The van der Waals surface area contributed by atoms with Gasteiger partial charge in [0.2, 0.25) is 0 Å². The second-order valence-electron chi connectivity index (χ2n) is 7.41. The van der Waals surface area contributed by atoms with Crippen molar-refractivity contribution in [3.63, 3.8) is 0 Å². The van der Waals surface area contributed by atoms with Crippen molar-refractivity contribution < 1.29 is 5.11 Å². The van der Waals surface area contributed by atoms with Crippen LogP contribution >= 0.6 is 0 Å². The highest BCUT2D eigenvalue weighted by molar-refractivity contribution is 5.41. The number of aliphatic hydroxyl groups is 1. The summed E-state index contributed by atoms with van der Waals surface area (Å²) in [6.45, 7) is 2.03. The fourth-order valence-corrected chi connectivity index (χ4v) is 4.40. The standard InChI is InChI=1S/C25H27NO/c27-25(22-15-7-2-8-16-22,23-17-9-3-10-18-23)24(21-13-5-1-6-14-21)26-19-11-4-12-20-26/h1-3,5-10,13-18,24,27H,4,11-12,19-20H2/t24-/m1/s1. The molecule has 0 aromatic heterocycles. The Kier molecular flexibility index (Phi) is 5.38. The fraction of sp³-hybridized carbons (Fsp3) is 0.280. The van der Waals surface area contributed by atoms with Gasteiger partial charge in [0.25, 0.3) is 0 Å². The molecular weight excluding hydrogens is 330 g/mol. The van der Waals surface area contributed by atoms with Gasteiger partial charge in [-0.05, 0) is 42.6 Å². The van der Waals surface area contributed by atoms with E-state index >= 15 is 0 Å². The van der Waals surface area contributed by atoms with E-state index in [1.54, 1.807) is 0 Å². The molecule has 1 atom stereocenters.